The first kappa shape index (κ1) is 32.4. The van der Waals surface area contributed by atoms with E-state index < -0.39 is 41.8 Å². The Morgan fingerprint density at radius 2 is 1.88 bits per heavy atom. The molecule has 3 heterocycles. The van der Waals surface area contributed by atoms with Crippen LogP contribution in [0.2, 0.25) is 0 Å². The number of benzene rings is 1. The van der Waals surface area contributed by atoms with E-state index in [1.807, 2.05) is 44.3 Å². The van der Waals surface area contributed by atoms with E-state index in [1.165, 1.54) is 0 Å². The van der Waals surface area contributed by atoms with Gasteiger partial charge in [-0.2, -0.15) is 0 Å². The van der Waals surface area contributed by atoms with Crippen LogP contribution in [0, 0.1) is 17.8 Å². The van der Waals surface area contributed by atoms with E-state index in [0.717, 1.165) is 17.7 Å². The number of cyclic esters (lactones) is 1. The number of esters is 1. The van der Waals surface area contributed by atoms with Crippen LogP contribution in [0.25, 0.3) is 11.3 Å². The second-order valence-corrected chi connectivity index (χ2v) is 12.7. The lowest BCUT2D eigenvalue weighted by Crippen LogP contribution is -2.54. The molecule has 2 saturated heterocycles. The molecule has 11 nitrogen and oxygen atoms in total. The molecule has 1 aromatic heterocycles. The van der Waals surface area contributed by atoms with Crippen molar-refractivity contribution in [3.63, 3.8) is 0 Å². The van der Waals surface area contributed by atoms with Crippen molar-refractivity contribution in [1.29, 1.82) is 0 Å². The number of aryl methyl sites for hydroxylation is 1. The Kier molecular flexibility index (Phi) is 10.5. The lowest BCUT2D eigenvalue weighted by atomic mass is 9.82. The van der Waals surface area contributed by atoms with Crippen LogP contribution < -0.4 is 5.73 Å². The number of hydrogen-bond acceptors (Lipinski definition) is 9. The van der Waals surface area contributed by atoms with Crippen molar-refractivity contribution in [2.45, 2.75) is 110 Å². The van der Waals surface area contributed by atoms with E-state index in [2.05, 4.69) is 17.2 Å². The summed E-state index contributed by atoms with van der Waals surface area (Å²) in [6.45, 7) is 10.3. The highest BCUT2D eigenvalue weighted by molar-refractivity contribution is 5.81. The van der Waals surface area contributed by atoms with Crippen molar-refractivity contribution in [3.8, 4) is 11.3 Å². The number of anilines is 1. The molecule has 7 atom stereocenters. The Bertz CT molecular complexity index is 1280. The molecule has 0 radical (unpaired) electrons. The van der Waals surface area contributed by atoms with Gasteiger partial charge >= 0.3 is 12.1 Å². The van der Waals surface area contributed by atoms with Crippen LogP contribution in [0.3, 0.4) is 0 Å². The summed E-state index contributed by atoms with van der Waals surface area (Å²) in [6.07, 6.45) is 3.37. The summed E-state index contributed by atoms with van der Waals surface area (Å²) in [5.41, 5.74) is 6.97. The van der Waals surface area contributed by atoms with Gasteiger partial charge in [0.2, 0.25) is 0 Å². The number of hydrogen-bond donors (Lipinski definition) is 2. The topological polar surface area (TPSA) is 150 Å². The fourth-order valence-corrected chi connectivity index (χ4v) is 6.49. The van der Waals surface area contributed by atoms with E-state index in [4.69, 9.17) is 15.2 Å². The molecule has 0 bridgehead atoms. The van der Waals surface area contributed by atoms with Gasteiger partial charge in [-0.15, -0.1) is 5.10 Å². The summed E-state index contributed by atoms with van der Waals surface area (Å²) in [6, 6.07) is 6.89. The molecule has 3 N–H and O–H groups in total. The predicted molar refractivity (Wildman–Crippen MR) is 162 cm³/mol. The van der Waals surface area contributed by atoms with Crippen molar-refractivity contribution in [2.75, 3.05) is 12.3 Å². The van der Waals surface area contributed by atoms with Crippen LogP contribution in [-0.2, 0) is 25.6 Å². The minimum Gasteiger partial charge on any atom is -0.458 e. The van der Waals surface area contributed by atoms with Gasteiger partial charge in [0, 0.05) is 37.2 Å². The Morgan fingerprint density at radius 1 is 1.14 bits per heavy atom. The van der Waals surface area contributed by atoms with E-state index in [-0.39, 0.29) is 24.0 Å². The Hall–Kier alpha value is -3.47. The fraction of sp³-hybridized carbons (Fsp3) is 0.656. The highest BCUT2D eigenvalue weighted by atomic mass is 16.6. The average molecular weight is 598 g/mol. The van der Waals surface area contributed by atoms with Crippen molar-refractivity contribution in [2.24, 2.45) is 17.8 Å². The molecule has 0 spiro atoms. The number of Topliss-reactive ketones (excluding diaryl/α,β-unsaturated/α-hetero) is 1. The molecule has 4 unspecified atom stereocenters. The summed E-state index contributed by atoms with van der Waals surface area (Å²) >= 11 is 0. The molecule has 4 rings (SSSR count). The monoisotopic (exact) mass is 597 g/mol. The van der Waals surface area contributed by atoms with Crippen LogP contribution in [0.5, 0.6) is 0 Å². The maximum absolute atomic E-state index is 13.3. The first-order valence-corrected chi connectivity index (χ1v) is 15.6. The van der Waals surface area contributed by atoms with Gasteiger partial charge in [-0.3, -0.25) is 14.3 Å². The molecule has 1 amide bonds. The van der Waals surface area contributed by atoms with Crippen molar-refractivity contribution < 1.29 is 29.0 Å². The first-order valence-electron chi connectivity index (χ1n) is 15.6. The number of rotatable bonds is 7. The summed E-state index contributed by atoms with van der Waals surface area (Å²) in [5, 5.41) is 19.4. The van der Waals surface area contributed by atoms with Gasteiger partial charge in [0.25, 0.3) is 0 Å². The molecule has 1 aromatic carbocycles. The van der Waals surface area contributed by atoms with Crippen LogP contribution in [0.1, 0.15) is 79.6 Å². The largest absolute Gasteiger partial charge is 0.458 e. The molecule has 2 aliphatic heterocycles. The number of fused-ring (bicyclic) bond motifs is 1. The van der Waals surface area contributed by atoms with E-state index in [1.54, 1.807) is 23.4 Å². The van der Waals surface area contributed by atoms with Gasteiger partial charge in [-0.1, -0.05) is 38.1 Å². The van der Waals surface area contributed by atoms with Crippen molar-refractivity contribution in [1.82, 2.24) is 19.9 Å². The van der Waals surface area contributed by atoms with Gasteiger partial charge in [0.15, 0.2) is 5.60 Å². The van der Waals surface area contributed by atoms with Gasteiger partial charge in [0.05, 0.1) is 24.3 Å². The van der Waals surface area contributed by atoms with Crippen LogP contribution >= 0.6 is 0 Å². The van der Waals surface area contributed by atoms with E-state index in [0.29, 0.717) is 50.9 Å². The lowest BCUT2D eigenvalue weighted by molar-refractivity contribution is -0.172. The molecule has 2 aliphatic rings. The van der Waals surface area contributed by atoms with E-state index in [9.17, 15) is 19.5 Å². The number of nitrogens with zero attached hydrogens (tertiary/aromatic N) is 4. The standard InChI is InChI=1S/C32H47N5O6/c1-6-28-32(5)27(18-25(38)13-12-20(2)16-21(3)29(39)22(4)30(40)42-28)37(31(41)43-32)15-8-7-14-36-19-26(34-35-36)23-10-9-11-24(33)17-23/h9-11,17,19-22,27-29,39H,6-8,12-16,18,33H2,1-5H3/t20-,21?,22?,27-,28?,29?,32-/m0/s1. The number of ketones is 1. The van der Waals surface area contributed by atoms with Gasteiger partial charge in [-0.05, 0) is 69.9 Å². The number of amides is 1. The first-order chi connectivity index (χ1) is 20.4. The molecule has 0 aliphatic carbocycles. The molecule has 236 valence electrons. The third-order valence-corrected chi connectivity index (χ3v) is 9.18. The van der Waals surface area contributed by atoms with Crippen molar-refractivity contribution in [3.05, 3.63) is 30.5 Å². The van der Waals surface area contributed by atoms with Crippen LogP contribution in [0.15, 0.2) is 30.5 Å². The maximum atomic E-state index is 13.3. The van der Waals surface area contributed by atoms with Gasteiger partial charge < -0.3 is 25.2 Å². The summed E-state index contributed by atoms with van der Waals surface area (Å²) in [5.74, 6) is -1.14. The normalized spacial score (nSPS) is 30.8. The summed E-state index contributed by atoms with van der Waals surface area (Å²) < 4.78 is 13.7. The molecule has 11 heteroatoms. The molecule has 2 fully saturated rings. The van der Waals surface area contributed by atoms with Crippen molar-refractivity contribution >= 4 is 23.5 Å². The maximum Gasteiger partial charge on any atom is 0.410 e. The number of carbonyl (C=O) groups is 3. The Morgan fingerprint density at radius 3 is 2.60 bits per heavy atom. The number of ether oxygens (including phenoxy) is 2. The molecule has 43 heavy (non-hydrogen) atoms. The highest BCUT2D eigenvalue weighted by Crippen LogP contribution is 2.39. The SMILES string of the molecule is CCC1OC(=O)C(C)C(O)C(C)C[C@@H](C)CCC(=O)C[C@@H]2N(CCCCn3cc(-c4cccc(N)c4)nn3)C(=O)O[C@]12C. The Balaban J connectivity index is 1.47. The summed E-state index contributed by atoms with van der Waals surface area (Å²) in [7, 11) is 0. The molecule has 2 aromatic rings. The highest BCUT2D eigenvalue weighted by Gasteiger charge is 2.56. The number of aliphatic hydroxyl groups excluding tert-OH is 1. The molecule has 0 saturated carbocycles. The van der Waals surface area contributed by atoms with E-state index >= 15 is 0 Å². The summed E-state index contributed by atoms with van der Waals surface area (Å²) in [4.78, 5) is 41.4. The average Bonchev–Trinajstić information content (AvgIpc) is 3.54. The third kappa shape index (κ3) is 7.55. The van der Waals surface area contributed by atoms with Gasteiger partial charge in [-0.25, -0.2) is 4.79 Å². The quantitative estimate of drug-likeness (QED) is 0.265. The third-order valence-electron chi connectivity index (χ3n) is 9.18. The second kappa shape index (κ2) is 13.9. The molecular weight excluding hydrogens is 550 g/mol. The van der Waals surface area contributed by atoms with Crippen LogP contribution in [-0.4, -0.2) is 73.2 Å². The Labute approximate surface area is 254 Å². The van der Waals surface area contributed by atoms with Crippen LogP contribution in [0.4, 0.5) is 10.5 Å². The minimum absolute atomic E-state index is 0.0443. The zero-order valence-electron chi connectivity index (χ0n) is 26.1. The number of unbranched alkanes of at least 4 members (excludes halogenated alkanes) is 1. The lowest BCUT2D eigenvalue weighted by Gasteiger charge is -2.38. The number of carbonyl (C=O) groups excluding carboxylic acids is 3. The predicted octanol–water partition coefficient (Wildman–Crippen LogP) is 4.62. The second-order valence-electron chi connectivity index (χ2n) is 12.7. The number of aliphatic hydroxyl groups is 1. The van der Waals surface area contributed by atoms with Gasteiger partial charge in [0.1, 0.15) is 17.6 Å². The number of nitrogen functional groups attached to an aromatic ring is 1. The zero-order valence-corrected chi connectivity index (χ0v) is 26.1. The minimum atomic E-state index is -1.21. The number of aromatic nitrogens is 3. The molecular formula is C32H47N5O6. The fourth-order valence-electron chi connectivity index (χ4n) is 6.49. The zero-order chi connectivity index (χ0) is 31.3. The smallest absolute Gasteiger partial charge is 0.410 e. The number of nitrogens with two attached hydrogens (primary N) is 1.